The predicted molar refractivity (Wildman–Crippen MR) is 79.5 cm³/mol. The number of methoxy groups -OCH3 is 1. The van der Waals surface area contributed by atoms with Crippen molar-refractivity contribution < 1.29 is 9.26 Å². The van der Waals surface area contributed by atoms with Gasteiger partial charge in [-0.3, -0.25) is 4.90 Å². The Bertz CT molecular complexity index is 565. The van der Waals surface area contributed by atoms with Crippen LogP contribution in [-0.2, 0) is 19.6 Å². The van der Waals surface area contributed by atoms with Crippen LogP contribution in [0.5, 0.6) is 5.75 Å². The molecule has 1 aromatic heterocycles. The van der Waals surface area contributed by atoms with Crippen LogP contribution < -0.4 is 10.5 Å². The average Bonchev–Trinajstić information content (AvgIpc) is 2.96. The summed E-state index contributed by atoms with van der Waals surface area (Å²) >= 11 is 0. The largest absolute Gasteiger partial charge is 0.497 e. The highest BCUT2D eigenvalue weighted by Crippen LogP contribution is 2.14. The minimum Gasteiger partial charge on any atom is -0.497 e. The highest BCUT2D eigenvalue weighted by atomic mass is 16.5. The maximum Gasteiger partial charge on any atom is 0.240 e. The summed E-state index contributed by atoms with van der Waals surface area (Å²) < 4.78 is 10.2. The monoisotopic (exact) mass is 288 g/mol. The quantitative estimate of drug-likeness (QED) is 0.745. The van der Waals surface area contributed by atoms with E-state index in [1.165, 1.54) is 5.56 Å². The van der Waals surface area contributed by atoms with Gasteiger partial charge in [-0.2, -0.15) is 4.98 Å². The van der Waals surface area contributed by atoms with E-state index in [1.807, 2.05) is 30.3 Å². The number of rotatable bonds is 8. The lowest BCUT2D eigenvalue weighted by molar-refractivity contribution is 0.271. The van der Waals surface area contributed by atoms with Crippen molar-refractivity contribution >= 4 is 0 Å². The summed E-state index contributed by atoms with van der Waals surface area (Å²) in [5.74, 6) is 1.93. The van der Waals surface area contributed by atoms with Crippen LogP contribution in [-0.4, -0.2) is 28.7 Å². The summed E-state index contributed by atoms with van der Waals surface area (Å²) in [4.78, 5) is 6.39. The molecule has 21 heavy (non-hydrogen) atoms. The fourth-order valence-corrected chi connectivity index (χ4v) is 1.99. The number of nitrogens with zero attached hydrogens (tertiary/aromatic N) is 3. The van der Waals surface area contributed by atoms with E-state index in [0.717, 1.165) is 18.8 Å². The van der Waals surface area contributed by atoms with Gasteiger partial charge in [-0.05, 0) is 17.7 Å². The summed E-state index contributed by atoms with van der Waals surface area (Å²) in [6.07, 6.45) is 1.85. The summed E-state index contributed by atoms with van der Waals surface area (Å²) in [6.45, 7) is 6.13. The molecule has 0 unspecified atom stereocenters. The van der Waals surface area contributed by atoms with Crippen molar-refractivity contribution in [3.05, 3.63) is 54.2 Å². The Kier molecular flexibility index (Phi) is 5.48. The van der Waals surface area contributed by atoms with Gasteiger partial charge in [0.15, 0.2) is 5.82 Å². The van der Waals surface area contributed by atoms with Crippen LogP contribution in [0.4, 0.5) is 0 Å². The Morgan fingerprint density at radius 2 is 2.10 bits per heavy atom. The van der Waals surface area contributed by atoms with Crippen molar-refractivity contribution in [3.8, 4) is 5.75 Å². The maximum absolute atomic E-state index is 5.47. The molecule has 2 N–H and O–H groups in total. The van der Waals surface area contributed by atoms with Crippen LogP contribution in [0.1, 0.15) is 17.3 Å². The van der Waals surface area contributed by atoms with Gasteiger partial charge in [0.1, 0.15) is 5.75 Å². The van der Waals surface area contributed by atoms with E-state index in [1.54, 1.807) is 7.11 Å². The van der Waals surface area contributed by atoms with Crippen molar-refractivity contribution in [2.24, 2.45) is 5.73 Å². The number of nitrogens with two attached hydrogens (primary N) is 1. The Morgan fingerprint density at radius 3 is 2.67 bits per heavy atom. The molecular formula is C15H20N4O2. The highest BCUT2D eigenvalue weighted by molar-refractivity contribution is 5.27. The van der Waals surface area contributed by atoms with Gasteiger partial charge in [-0.1, -0.05) is 23.4 Å². The fourth-order valence-electron chi connectivity index (χ4n) is 1.99. The topological polar surface area (TPSA) is 77.4 Å². The molecule has 112 valence electrons. The van der Waals surface area contributed by atoms with Crippen molar-refractivity contribution in [1.82, 2.24) is 15.0 Å². The molecule has 0 amide bonds. The molecule has 0 aliphatic heterocycles. The van der Waals surface area contributed by atoms with E-state index in [9.17, 15) is 0 Å². The van der Waals surface area contributed by atoms with Gasteiger partial charge in [-0.15, -0.1) is 6.58 Å². The van der Waals surface area contributed by atoms with Crippen LogP contribution in [0.15, 0.2) is 41.4 Å². The third-order valence-electron chi connectivity index (χ3n) is 3.00. The van der Waals surface area contributed by atoms with Crippen molar-refractivity contribution in [3.63, 3.8) is 0 Å². The Labute approximate surface area is 124 Å². The standard InChI is InChI=1S/C15H20N4O2/c1-3-8-19(11-14-17-15(9-16)21-18-14)10-12-4-6-13(20-2)7-5-12/h3-7H,1,8-11,16H2,2H3. The minimum atomic E-state index is 0.257. The molecule has 1 aromatic carbocycles. The number of aromatic nitrogens is 2. The van der Waals surface area contributed by atoms with E-state index in [2.05, 4.69) is 21.6 Å². The molecule has 0 bridgehead atoms. The summed E-state index contributed by atoms with van der Waals surface area (Å²) in [5, 5.41) is 3.92. The first-order chi connectivity index (χ1) is 10.2. The van der Waals surface area contributed by atoms with Crippen molar-refractivity contribution in [2.75, 3.05) is 13.7 Å². The minimum absolute atomic E-state index is 0.257. The van der Waals surface area contributed by atoms with Gasteiger partial charge >= 0.3 is 0 Å². The first-order valence-electron chi connectivity index (χ1n) is 6.73. The normalized spacial score (nSPS) is 10.8. The van der Waals surface area contributed by atoms with Crippen LogP contribution in [0.25, 0.3) is 0 Å². The second-order valence-corrected chi connectivity index (χ2v) is 4.61. The zero-order valence-electron chi connectivity index (χ0n) is 12.2. The maximum atomic E-state index is 5.47. The molecule has 2 rings (SSSR count). The lowest BCUT2D eigenvalue weighted by atomic mass is 10.2. The van der Waals surface area contributed by atoms with Crippen LogP contribution >= 0.6 is 0 Å². The first kappa shape index (κ1) is 15.2. The molecule has 0 atom stereocenters. The Morgan fingerprint density at radius 1 is 1.33 bits per heavy atom. The molecule has 0 radical (unpaired) electrons. The zero-order chi connectivity index (χ0) is 15.1. The predicted octanol–water partition coefficient (Wildman–Crippen LogP) is 1.73. The SMILES string of the molecule is C=CCN(Cc1ccc(OC)cc1)Cc1noc(CN)n1. The summed E-state index contributed by atoms with van der Waals surface area (Å²) in [7, 11) is 1.66. The van der Waals surface area contributed by atoms with Gasteiger partial charge in [-0.25, -0.2) is 0 Å². The van der Waals surface area contributed by atoms with E-state index < -0.39 is 0 Å². The van der Waals surface area contributed by atoms with Gasteiger partial charge in [0.2, 0.25) is 5.89 Å². The van der Waals surface area contributed by atoms with Gasteiger partial charge < -0.3 is 15.0 Å². The second kappa shape index (κ2) is 7.56. The zero-order valence-corrected chi connectivity index (χ0v) is 12.2. The van der Waals surface area contributed by atoms with Crippen LogP contribution in [0.3, 0.4) is 0 Å². The molecule has 6 nitrogen and oxygen atoms in total. The molecular weight excluding hydrogens is 268 g/mol. The third kappa shape index (κ3) is 4.40. The van der Waals surface area contributed by atoms with Crippen molar-refractivity contribution in [1.29, 1.82) is 0 Å². The molecule has 1 heterocycles. The summed E-state index contributed by atoms with van der Waals surface area (Å²) in [5.41, 5.74) is 6.65. The van der Waals surface area contributed by atoms with E-state index in [0.29, 0.717) is 18.3 Å². The molecule has 2 aromatic rings. The smallest absolute Gasteiger partial charge is 0.240 e. The van der Waals surface area contributed by atoms with E-state index in [4.69, 9.17) is 15.0 Å². The Balaban J connectivity index is 2.01. The molecule has 0 fully saturated rings. The first-order valence-corrected chi connectivity index (χ1v) is 6.73. The summed E-state index contributed by atoms with van der Waals surface area (Å²) in [6, 6.07) is 7.97. The Hall–Kier alpha value is -2.18. The van der Waals surface area contributed by atoms with E-state index in [-0.39, 0.29) is 6.54 Å². The molecule has 0 saturated heterocycles. The van der Waals surface area contributed by atoms with Gasteiger partial charge in [0.25, 0.3) is 0 Å². The molecule has 0 saturated carbocycles. The number of ether oxygens (including phenoxy) is 1. The second-order valence-electron chi connectivity index (χ2n) is 4.61. The van der Waals surface area contributed by atoms with Crippen LogP contribution in [0.2, 0.25) is 0 Å². The van der Waals surface area contributed by atoms with Crippen LogP contribution in [0, 0.1) is 0 Å². The van der Waals surface area contributed by atoms with E-state index >= 15 is 0 Å². The highest BCUT2D eigenvalue weighted by Gasteiger charge is 2.11. The average molecular weight is 288 g/mol. The van der Waals surface area contributed by atoms with Crippen molar-refractivity contribution in [2.45, 2.75) is 19.6 Å². The molecule has 0 aliphatic rings. The van der Waals surface area contributed by atoms with Gasteiger partial charge in [0.05, 0.1) is 20.2 Å². The molecule has 0 aliphatic carbocycles. The third-order valence-corrected chi connectivity index (χ3v) is 3.00. The lowest BCUT2D eigenvalue weighted by Gasteiger charge is -2.18. The molecule has 6 heteroatoms. The number of benzene rings is 1. The number of hydrogen-bond donors (Lipinski definition) is 1. The molecule has 0 spiro atoms. The lowest BCUT2D eigenvalue weighted by Crippen LogP contribution is -2.23. The fraction of sp³-hybridized carbons (Fsp3) is 0.333. The van der Waals surface area contributed by atoms with Gasteiger partial charge in [0, 0.05) is 13.1 Å². The number of hydrogen-bond acceptors (Lipinski definition) is 6.